The van der Waals surface area contributed by atoms with Crippen LogP contribution < -0.4 is 10.1 Å². The van der Waals surface area contributed by atoms with Crippen LogP contribution in [-0.2, 0) is 4.79 Å². The summed E-state index contributed by atoms with van der Waals surface area (Å²) in [5.74, 6) is -0.665. The number of nitrogens with zero attached hydrogens (tertiary/aromatic N) is 3. The van der Waals surface area contributed by atoms with Crippen LogP contribution in [0, 0.1) is 0 Å². The number of imide groups is 1. The molecular formula is C20H20N4O4. The SMILES string of the molecule is O=C(CN1C(=O)c2ccccc2C1=O)NC1CCC(Oc2cnccn2)CC1. The molecule has 1 saturated carbocycles. The van der Waals surface area contributed by atoms with Gasteiger partial charge >= 0.3 is 0 Å². The van der Waals surface area contributed by atoms with Gasteiger partial charge in [0.15, 0.2) is 0 Å². The molecule has 1 fully saturated rings. The first-order valence-electron chi connectivity index (χ1n) is 9.29. The fourth-order valence-electron chi connectivity index (χ4n) is 3.64. The Balaban J connectivity index is 1.26. The van der Waals surface area contributed by atoms with E-state index in [1.165, 1.54) is 0 Å². The van der Waals surface area contributed by atoms with Gasteiger partial charge < -0.3 is 10.1 Å². The van der Waals surface area contributed by atoms with E-state index in [0.717, 1.165) is 30.6 Å². The molecule has 8 nitrogen and oxygen atoms in total. The van der Waals surface area contributed by atoms with Crippen LogP contribution in [-0.4, -0.2) is 51.3 Å². The smallest absolute Gasteiger partial charge is 0.262 e. The van der Waals surface area contributed by atoms with Crippen molar-refractivity contribution in [2.75, 3.05) is 6.54 Å². The zero-order valence-corrected chi connectivity index (χ0v) is 15.2. The van der Waals surface area contributed by atoms with Crippen LogP contribution in [0.2, 0.25) is 0 Å². The number of ether oxygens (including phenoxy) is 1. The Bertz CT molecular complexity index is 859. The monoisotopic (exact) mass is 380 g/mol. The molecule has 8 heteroatoms. The van der Waals surface area contributed by atoms with Crippen molar-refractivity contribution in [2.24, 2.45) is 0 Å². The Morgan fingerprint density at radius 1 is 1.07 bits per heavy atom. The number of benzene rings is 1. The molecule has 1 aliphatic heterocycles. The predicted molar refractivity (Wildman–Crippen MR) is 98.7 cm³/mol. The van der Waals surface area contributed by atoms with E-state index in [0.29, 0.717) is 17.0 Å². The lowest BCUT2D eigenvalue weighted by atomic mass is 9.93. The molecule has 2 heterocycles. The second-order valence-corrected chi connectivity index (χ2v) is 6.94. The molecule has 1 aliphatic carbocycles. The van der Waals surface area contributed by atoms with Gasteiger partial charge in [-0.15, -0.1) is 0 Å². The Morgan fingerprint density at radius 2 is 1.75 bits per heavy atom. The van der Waals surface area contributed by atoms with Gasteiger partial charge in [-0.05, 0) is 37.8 Å². The van der Waals surface area contributed by atoms with Gasteiger partial charge in [0, 0.05) is 18.4 Å². The molecule has 3 amide bonds. The maximum Gasteiger partial charge on any atom is 0.262 e. The highest BCUT2D eigenvalue weighted by Crippen LogP contribution is 2.24. The summed E-state index contributed by atoms with van der Waals surface area (Å²) in [5.41, 5.74) is 0.698. The van der Waals surface area contributed by atoms with Gasteiger partial charge in [-0.25, -0.2) is 4.98 Å². The van der Waals surface area contributed by atoms with Crippen LogP contribution in [0.3, 0.4) is 0 Å². The molecule has 1 aromatic heterocycles. The highest BCUT2D eigenvalue weighted by Gasteiger charge is 2.36. The van der Waals surface area contributed by atoms with Crippen molar-refractivity contribution in [3.8, 4) is 5.88 Å². The Labute approximate surface area is 161 Å². The van der Waals surface area contributed by atoms with Gasteiger partial charge in [0.25, 0.3) is 11.8 Å². The van der Waals surface area contributed by atoms with Crippen molar-refractivity contribution < 1.29 is 19.1 Å². The summed E-state index contributed by atoms with van der Waals surface area (Å²) in [7, 11) is 0. The number of carbonyl (C=O) groups is 3. The first-order chi connectivity index (χ1) is 13.6. The predicted octanol–water partition coefficient (Wildman–Crippen LogP) is 1.58. The number of aromatic nitrogens is 2. The molecule has 0 saturated heterocycles. The zero-order valence-electron chi connectivity index (χ0n) is 15.2. The molecule has 1 N–H and O–H groups in total. The number of hydrogen-bond donors (Lipinski definition) is 1. The molecule has 2 aromatic rings. The molecule has 1 aromatic carbocycles. The number of nitrogens with one attached hydrogen (secondary N) is 1. The van der Waals surface area contributed by atoms with Gasteiger partial charge in [0.2, 0.25) is 11.8 Å². The second-order valence-electron chi connectivity index (χ2n) is 6.94. The lowest BCUT2D eigenvalue weighted by Crippen LogP contribution is -2.45. The van der Waals surface area contributed by atoms with Crippen molar-refractivity contribution in [3.63, 3.8) is 0 Å². The normalized spacial score (nSPS) is 21.4. The van der Waals surface area contributed by atoms with Gasteiger partial charge in [-0.3, -0.25) is 24.3 Å². The van der Waals surface area contributed by atoms with Crippen LogP contribution in [0.4, 0.5) is 0 Å². The first kappa shape index (κ1) is 18.1. The largest absolute Gasteiger partial charge is 0.473 e. The third-order valence-electron chi connectivity index (χ3n) is 5.05. The molecule has 0 unspecified atom stereocenters. The zero-order chi connectivity index (χ0) is 19.5. The topological polar surface area (TPSA) is 101 Å². The molecule has 144 valence electrons. The molecule has 28 heavy (non-hydrogen) atoms. The van der Waals surface area contributed by atoms with Crippen LogP contribution in [0.15, 0.2) is 42.9 Å². The maximum absolute atomic E-state index is 12.4. The van der Waals surface area contributed by atoms with Gasteiger partial charge in [-0.2, -0.15) is 0 Å². The fourth-order valence-corrected chi connectivity index (χ4v) is 3.64. The molecule has 0 spiro atoms. The lowest BCUT2D eigenvalue weighted by molar-refractivity contribution is -0.122. The van der Waals surface area contributed by atoms with Gasteiger partial charge in [0.05, 0.1) is 17.3 Å². The van der Waals surface area contributed by atoms with Crippen molar-refractivity contribution in [3.05, 3.63) is 54.0 Å². The van der Waals surface area contributed by atoms with Crippen molar-refractivity contribution >= 4 is 17.7 Å². The third-order valence-corrected chi connectivity index (χ3v) is 5.05. The Morgan fingerprint density at radius 3 is 2.36 bits per heavy atom. The van der Waals surface area contributed by atoms with Gasteiger partial charge in [0.1, 0.15) is 12.6 Å². The lowest BCUT2D eigenvalue weighted by Gasteiger charge is -2.29. The average Bonchev–Trinajstić information content (AvgIpc) is 2.95. The fraction of sp³-hybridized carbons (Fsp3) is 0.350. The number of rotatable bonds is 5. The van der Waals surface area contributed by atoms with E-state index in [1.807, 2.05) is 0 Å². The van der Waals surface area contributed by atoms with E-state index >= 15 is 0 Å². The van der Waals surface area contributed by atoms with E-state index in [2.05, 4.69) is 15.3 Å². The quantitative estimate of drug-likeness (QED) is 0.791. The van der Waals surface area contributed by atoms with Crippen molar-refractivity contribution in [1.82, 2.24) is 20.2 Å². The van der Waals surface area contributed by atoms with E-state index in [9.17, 15) is 14.4 Å². The minimum Gasteiger partial charge on any atom is -0.473 e. The number of carbonyl (C=O) groups excluding carboxylic acids is 3. The molecule has 0 bridgehead atoms. The van der Waals surface area contributed by atoms with Crippen LogP contribution in [0.25, 0.3) is 0 Å². The minimum absolute atomic E-state index is 0.00406. The number of hydrogen-bond acceptors (Lipinski definition) is 6. The van der Waals surface area contributed by atoms with Gasteiger partial charge in [-0.1, -0.05) is 12.1 Å². The Kier molecular flexibility index (Phi) is 5.01. The van der Waals surface area contributed by atoms with Crippen LogP contribution in [0.5, 0.6) is 5.88 Å². The van der Waals surface area contributed by atoms with E-state index < -0.39 is 11.8 Å². The number of fused-ring (bicyclic) bond motifs is 1. The average molecular weight is 380 g/mol. The molecule has 0 atom stereocenters. The molecular weight excluding hydrogens is 360 g/mol. The number of amides is 3. The summed E-state index contributed by atoms with van der Waals surface area (Å²) in [4.78, 5) is 46.2. The van der Waals surface area contributed by atoms with Crippen molar-refractivity contribution in [2.45, 2.75) is 37.8 Å². The summed E-state index contributed by atoms with van der Waals surface area (Å²) in [6, 6.07) is 6.62. The van der Waals surface area contributed by atoms with Crippen LogP contribution >= 0.6 is 0 Å². The minimum atomic E-state index is -0.420. The highest BCUT2D eigenvalue weighted by molar-refractivity contribution is 6.22. The summed E-state index contributed by atoms with van der Waals surface area (Å²) in [6.45, 7) is -0.262. The van der Waals surface area contributed by atoms with E-state index in [-0.39, 0.29) is 24.6 Å². The summed E-state index contributed by atoms with van der Waals surface area (Å²) >= 11 is 0. The second kappa shape index (κ2) is 7.75. The summed E-state index contributed by atoms with van der Waals surface area (Å²) in [5, 5.41) is 2.93. The molecule has 0 radical (unpaired) electrons. The Hall–Kier alpha value is -3.29. The highest BCUT2D eigenvalue weighted by atomic mass is 16.5. The summed E-state index contributed by atoms with van der Waals surface area (Å²) in [6.07, 6.45) is 7.89. The van der Waals surface area contributed by atoms with Crippen molar-refractivity contribution in [1.29, 1.82) is 0 Å². The third kappa shape index (κ3) is 3.71. The standard InChI is InChI=1S/C20H20N4O4/c25-17(12-24-19(26)15-3-1-2-4-16(15)20(24)27)23-13-5-7-14(8-6-13)28-18-11-21-9-10-22-18/h1-4,9-11,13-14H,5-8,12H2,(H,23,25). The summed E-state index contributed by atoms with van der Waals surface area (Å²) < 4.78 is 5.80. The van der Waals surface area contributed by atoms with E-state index in [4.69, 9.17) is 4.74 Å². The maximum atomic E-state index is 12.4. The first-order valence-corrected chi connectivity index (χ1v) is 9.29. The van der Waals surface area contributed by atoms with E-state index in [1.54, 1.807) is 42.9 Å². The molecule has 2 aliphatic rings. The molecule has 4 rings (SSSR count). The van der Waals surface area contributed by atoms with Crippen LogP contribution in [0.1, 0.15) is 46.4 Å².